The summed E-state index contributed by atoms with van der Waals surface area (Å²) in [5.41, 5.74) is 0. The third-order valence-electron chi connectivity index (χ3n) is 2.95. The van der Waals surface area contributed by atoms with E-state index in [0.717, 1.165) is 12.8 Å². The Balaban J connectivity index is 2.60. The van der Waals surface area contributed by atoms with E-state index in [1.165, 1.54) is 0 Å². The van der Waals surface area contributed by atoms with Crippen molar-refractivity contribution < 1.29 is 10.2 Å². The molecular weight excluding hydrogens is 152 g/mol. The number of rotatable bonds is 1. The zero-order valence-corrected chi connectivity index (χ0v) is 8.20. The minimum atomic E-state index is -0.302. The van der Waals surface area contributed by atoms with Crippen LogP contribution in [0.1, 0.15) is 33.6 Å². The van der Waals surface area contributed by atoms with Gasteiger partial charge in [0.15, 0.2) is 0 Å². The highest BCUT2D eigenvalue weighted by atomic mass is 16.3. The normalized spacial score (nSPS) is 43.5. The van der Waals surface area contributed by atoms with Crippen molar-refractivity contribution in [3.8, 4) is 0 Å². The zero-order valence-electron chi connectivity index (χ0n) is 8.20. The minimum Gasteiger partial charge on any atom is -0.393 e. The molecule has 1 rings (SSSR count). The quantitative estimate of drug-likeness (QED) is 0.628. The number of aliphatic hydroxyl groups is 2. The van der Waals surface area contributed by atoms with E-state index in [-0.39, 0.29) is 18.1 Å². The Morgan fingerprint density at radius 2 is 1.50 bits per heavy atom. The van der Waals surface area contributed by atoms with E-state index in [0.29, 0.717) is 11.8 Å². The molecule has 2 heteroatoms. The lowest BCUT2D eigenvalue weighted by atomic mass is 9.73. The lowest BCUT2D eigenvalue weighted by molar-refractivity contribution is -0.0607. The molecule has 1 aliphatic carbocycles. The van der Waals surface area contributed by atoms with Gasteiger partial charge in [-0.3, -0.25) is 0 Å². The molecule has 12 heavy (non-hydrogen) atoms. The van der Waals surface area contributed by atoms with Crippen molar-refractivity contribution in [2.24, 2.45) is 17.8 Å². The second-order valence-electron chi connectivity index (χ2n) is 4.53. The van der Waals surface area contributed by atoms with Crippen LogP contribution in [0.25, 0.3) is 0 Å². The highest BCUT2D eigenvalue weighted by molar-refractivity contribution is 4.86. The van der Waals surface area contributed by atoms with Crippen molar-refractivity contribution in [3.63, 3.8) is 0 Å². The summed E-state index contributed by atoms with van der Waals surface area (Å²) in [6, 6.07) is 0. The summed E-state index contributed by atoms with van der Waals surface area (Å²) >= 11 is 0. The first kappa shape index (κ1) is 10.0. The van der Waals surface area contributed by atoms with E-state index < -0.39 is 0 Å². The van der Waals surface area contributed by atoms with Gasteiger partial charge in [0.25, 0.3) is 0 Å². The maximum absolute atomic E-state index is 9.72. The molecule has 0 aliphatic heterocycles. The molecule has 2 atom stereocenters. The Morgan fingerprint density at radius 3 is 1.83 bits per heavy atom. The van der Waals surface area contributed by atoms with E-state index in [1.54, 1.807) is 0 Å². The molecule has 0 aromatic heterocycles. The van der Waals surface area contributed by atoms with Crippen molar-refractivity contribution in [1.29, 1.82) is 0 Å². The first-order valence-corrected chi connectivity index (χ1v) is 4.88. The fourth-order valence-electron chi connectivity index (χ4n) is 2.38. The summed E-state index contributed by atoms with van der Waals surface area (Å²) in [7, 11) is 0. The van der Waals surface area contributed by atoms with Crippen molar-refractivity contribution in [2.75, 3.05) is 0 Å². The summed E-state index contributed by atoms with van der Waals surface area (Å²) in [4.78, 5) is 0. The first-order valence-electron chi connectivity index (χ1n) is 4.88. The maximum atomic E-state index is 9.72. The molecule has 72 valence electrons. The third kappa shape index (κ3) is 1.99. The van der Waals surface area contributed by atoms with Gasteiger partial charge >= 0.3 is 0 Å². The van der Waals surface area contributed by atoms with Gasteiger partial charge in [0, 0.05) is 5.92 Å². The van der Waals surface area contributed by atoms with Crippen LogP contribution in [0.4, 0.5) is 0 Å². The van der Waals surface area contributed by atoms with E-state index in [9.17, 15) is 10.2 Å². The lowest BCUT2D eigenvalue weighted by Crippen LogP contribution is -2.42. The fourth-order valence-corrected chi connectivity index (χ4v) is 2.38. The predicted octanol–water partition coefficient (Wildman–Crippen LogP) is 1.41. The summed E-state index contributed by atoms with van der Waals surface area (Å²) in [6.07, 6.45) is 1.09. The van der Waals surface area contributed by atoms with Crippen LogP contribution in [0, 0.1) is 17.8 Å². The summed E-state index contributed by atoms with van der Waals surface area (Å²) < 4.78 is 0. The Labute approximate surface area is 74.6 Å². The van der Waals surface area contributed by atoms with Gasteiger partial charge in [0.05, 0.1) is 12.2 Å². The SMILES string of the molecule is CC1CC(O)C(C(C)C)C(O)C1. The maximum Gasteiger partial charge on any atom is 0.0598 e. The highest BCUT2D eigenvalue weighted by Crippen LogP contribution is 2.33. The van der Waals surface area contributed by atoms with Gasteiger partial charge in [0.2, 0.25) is 0 Å². The highest BCUT2D eigenvalue weighted by Gasteiger charge is 2.35. The van der Waals surface area contributed by atoms with E-state index in [4.69, 9.17) is 0 Å². The summed E-state index contributed by atoms with van der Waals surface area (Å²) in [5.74, 6) is 0.925. The van der Waals surface area contributed by atoms with E-state index in [1.807, 2.05) is 0 Å². The molecule has 2 N–H and O–H groups in total. The van der Waals surface area contributed by atoms with Gasteiger partial charge in [-0.1, -0.05) is 20.8 Å². The molecule has 0 amide bonds. The second kappa shape index (κ2) is 3.75. The van der Waals surface area contributed by atoms with Crippen LogP contribution in [0.2, 0.25) is 0 Å². The Morgan fingerprint density at radius 1 is 1.08 bits per heavy atom. The molecule has 1 saturated carbocycles. The van der Waals surface area contributed by atoms with Gasteiger partial charge < -0.3 is 10.2 Å². The van der Waals surface area contributed by atoms with Crippen LogP contribution in [-0.4, -0.2) is 22.4 Å². The van der Waals surface area contributed by atoms with Gasteiger partial charge in [-0.2, -0.15) is 0 Å². The van der Waals surface area contributed by atoms with Crippen LogP contribution < -0.4 is 0 Å². The van der Waals surface area contributed by atoms with Crippen molar-refractivity contribution in [2.45, 2.75) is 45.8 Å². The Hall–Kier alpha value is -0.0800. The number of aliphatic hydroxyl groups excluding tert-OH is 2. The monoisotopic (exact) mass is 172 g/mol. The molecule has 0 radical (unpaired) electrons. The molecule has 2 nitrogen and oxygen atoms in total. The van der Waals surface area contributed by atoms with Crippen LogP contribution in [-0.2, 0) is 0 Å². The molecule has 2 unspecified atom stereocenters. The number of hydrogen-bond donors (Lipinski definition) is 2. The summed E-state index contributed by atoms with van der Waals surface area (Å²) in [5, 5.41) is 19.4. The molecule has 0 heterocycles. The largest absolute Gasteiger partial charge is 0.393 e. The van der Waals surface area contributed by atoms with Crippen molar-refractivity contribution in [3.05, 3.63) is 0 Å². The lowest BCUT2D eigenvalue weighted by Gasteiger charge is -2.38. The van der Waals surface area contributed by atoms with Crippen LogP contribution in [0.15, 0.2) is 0 Å². The standard InChI is InChI=1S/C10H20O2/c1-6(2)10-8(11)4-7(3)5-9(10)12/h6-12H,4-5H2,1-3H3. The van der Waals surface area contributed by atoms with Crippen LogP contribution in [0.5, 0.6) is 0 Å². The van der Waals surface area contributed by atoms with Gasteiger partial charge in [-0.15, -0.1) is 0 Å². The summed E-state index contributed by atoms with van der Waals surface area (Å²) in [6.45, 7) is 6.21. The average Bonchev–Trinajstić information content (AvgIpc) is 1.82. The fraction of sp³-hybridized carbons (Fsp3) is 1.00. The molecular formula is C10H20O2. The number of hydrogen-bond acceptors (Lipinski definition) is 2. The molecule has 1 aliphatic rings. The third-order valence-corrected chi connectivity index (χ3v) is 2.95. The Bertz CT molecular complexity index is 133. The van der Waals surface area contributed by atoms with Crippen molar-refractivity contribution >= 4 is 0 Å². The van der Waals surface area contributed by atoms with Crippen LogP contribution in [0.3, 0.4) is 0 Å². The van der Waals surface area contributed by atoms with E-state index >= 15 is 0 Å². The second-order valence-corrected chi connectivity index (χ2v) is 4.53. The molecule has 0 spiro atoms. The first-order chi connectivity index (χ1) is 5.52. The van der Waals surface area contributed by atoms with Gasteiger partial charge in [0.1, 0.15) is 0 Å². The molecule has 0 aromatic rings. The van der Waals surface area contributed by atoms with Crippen molar-refractivity contribution in [1.82, 2.24) is 0 Å². The molecule has 0 aromatic carbocycles. The van der Waals surface area contributed by atoms with Gasteiger partial charge in [-0.25, -0.2) is 0 Å². The topological polar surface area (TPSA) is 40.5 Å². The molecule has 0 bridgehead atoms. The van der Waals surface area contributed by atoms with E-state index in [2.05, 4.69) is 20.8 Å². The molecule has 1 fully saturated rings. The predicted molar refractivity (Wildman–Crippen MR) is 48.7 cm³/mol. The molecule has 0 saturated heterocycles. The minimum absolute atomic E-state index is 0.0844. The van der Waals surface area contributed by atoms with Gasteiger partial charge in [-0.05, 0) is 24.7 Å². The van der Waals surface area contributed by atoms with Crippen LogP contribution >= 0.6 is 0 Å². The Kier molecular flexibility index (Phi) is 3.13. The zero-order chi connectivity index (χ0) is 9.30. The smallest absolute Gasteiger partial charge is 0.0598 e. The average molecular weight is 172 g/mol.